The fourth-order valence-corrected chi connectivity index (χ4v) is 2.28. The van der Waals surface area contributed by atoms with Crippen LogP contribution in [0.5, 0.6) is 0 Å². The maximum absolute atomic E-state index is 13.3. The monoisotopic (exact) mass is 223 g/mol. The van der Waals surface area contributed by atoms with Gasteiger partial charge in [-0.05, 0) is 38.3 Å². The molecule has 0 aromatic heterocycles. The molecule has 0 saturated carbocycles. The first kappa shape index (κ1) is 11.4. The van der Waals surface area contributed by atoms with Crippen LogP contribution < -0.4 is 4.90 Å². The molecule has 1 aromatic rings. The third-order valence-electron chi connectivity index (χ3n) is 3.14. The van der Waals surface area contributed by atoms with E-state index in [1.807, 2.05) is 0 Å². The van der Waals surface area contributed by atoms with Crippen molar-refractivity contribution in [3.63, 3.8) is 0 Å². The fraction of sp³-hybridized carbons (Fsp3) is 0.538. The van der Waals surface area contributed by atoms with Crippen LogP contribution in [-0.4, -0.2) is 18.2 Å². The topological polar surface area (TPSA) is 23.5 Å². The first-order valence-corrected chi connectivity index (χ1v) is 5.91. The van der Waals surface area contributed by atoms with E-state index in [9.17, 15) is 9.50 Å². The number of aliphatic hydroxyl groups excluding tert-OH is 1. The summed E-state index contributed by atoms with van der Waals surface area (Å²) in [5.41, 5.74) is 1.68. The van der Waals surface area contributed by atoms with Crippen molar-refractivity contribution in [3.8, 4) is 0 Å². The largest absolute Gasteiger partial charge is 0.389 e. The molecule has 2 rings (SSSR count). The number of anilines is 1. The molecule has 1 unspecified atom stereocenters. The van der Waals surface area contributed by atoms with Crippen LogP contribution in [0.1, 0.15) is 37.9 Å². The van der Waals surface area contributed by atoms with Crippen LogP contribution in [-0.2, 0) is 0 Å². The molecule has 16 heavy (non-hydrogen) atoms. The van der Waals surface area contributed by atoms with Gasteiger partial charge in [0.25, 0.3) is 0 Å². The van der Waals surface area contributed by atoms with Gasteiger partial charge in [-0.1, -0.05) is 6.07 Å². The lowest BCUT2D eigenvalue weighted by Gasteiger charge is -2.31. The fourth-order valence-electron chi connectivity index (χ4n) is 2.28. The lowest BCUT2D eigenvalue weighted by Crippen LogP contribution is -2.30. The molecule has 0 spiro atoms. The molecule has 0 amide bonds. The number of benzene rings is 1. The van der Waals surface area contributed by atoms with E-state index in [1.165, 1.54) is 18.6 Å². The quantitative estimate of drug-likeness (QED) is 0.833. The van der Waals surface area contributed by atoms with Gasteiger partial charge in [-0.15, -0.1) is 0 Å². The molecule has 1 aliphatic heterocycles. The minimum atomic E-state index is -0.544. The Morgan fingerprint density at radius 2 is 1.94 bits per heavy atom. The van der Waals surface area contributed by atoms with Gasteiger partial charge < -0.3 is 10.0 Å². The number of rotatable bonds is 2. The van der Waals surface area contributed by atoms with Gasteiger partial charge in [0.05, 0.1) is 6.10 Å². The molecule has 1 fully saturated rings. The van der Waals surface area contributed by atoms with Gasteiger partial charge in [0.2, 0.25) is 0 Å². The molecule has 2 nitrogen and oxygen atoms in total. The lowest BCUT2D eigenvalue weighted by atomic mass is 10.0. The van der Waals surface area contributed by atoms with Crippen molar-refractivity contribution >= 4 is 5.69 Å². The van der Waals surface area contributed by atoms with E-state index in [4.69, 9.17) is 0 Å². The third kappa shape index (κ3) is 2.35. The zero-order chi connectivity index (χ0) is 11.5. The zero-order valence-corrected chi connectivity index (χ0v) is 9.62. The second-order valence-electron chi connectivity index (χ2n) is 4.43. The molecule has 1 heterocycles. The van der Waals surface area contributed by atoms with E-state index >= 15 is 0 Å². The molecule has 1 aromatic carbocycles. The van der Waals surface area contributed by atoms with Crippen molar-refractivity contribution in [1.29, 1.82) is 0 Å². The Kier molecular flexibility index (Phi) is 3.44. The van der Waals surface area contributed by atoms with Crippen LogP contribution >= 0.6 is 0 Å². The predicted molar refractivity (Wildman–Crippen MR) is 63.1 cm³/mol. The molecule has 0 aliphatic carbocycles. The first-order valence-electron chi connectivity index (χ1n) is 5.91. The maximum Gasteiger partial charge on any atom is 0.125 e. The van der Waals surface area contributed by atoms with Crippen LogP contribution in [0.3, 0.4) is 0 Å². The van der Waals surface area contributed by atoms with Gasteiger partial charge in [-0.3, -0.25) is 0 Å². The molecule has 1 saturated heterocycles. The minimum absolute atomic E-state index is 0.232. The smallest absolute Gasteiger partial charge is 0.125 e. The molecule has 1 aliphatic rings. The summed E-state index contributed by atoms with van der Waals surface area (Å²) < 4.78 is 13.3. The van der Waals surface area contributed by atoms with Crippen molar-refractivity contribution in [2.45, 2.75) is 32.3 Å². The van der Waals surface area contributed by atoms with Crippen molar-refractivity contribution < 1.29 is 9.50 Å². The number of aliphatic hydroxyl groups is 1. The van der Waals surface area contributed by atoms with Crippen LogP contribution in [0.15, 0.2) is 18.2 Å². The maximum atomic E-state index is 13.3. The van der Waals surface area contributed by atoms with Crippen LogP contribution in [0.2, 0.25) is 0 Å². The predicted octanol–water partition coefficient (Wildman–Crippen LogP) is 2.87. The summed E-state index contributed by atoms with van der Waals surface area (Å²) in [6, 6.07) is 4.63. The van der Waals surface area contributed by atoms with E-state index in [0.717, 1.165) is 37.2 Å². The number of piperidine rings is 1. The van der Waals surface area contributed by atoms with Gasteiger partial charge >= 0.3 is 0 Å². The first-order chi connectivity index (χ1) is 7.68. The highest BCUT2D eigenvalue weighted by molar-refractivity contribution is 5.55. The summed E-state index contributed by atoms with van der Waals surface area (Å²) in [7, 11) is 0. The van der Waals surface area contributed by atoms with Crippen LogP contribution in [0.25, 0.3) is 0 Å². The van der Waals surface area contributed by atoms with E-state index in [2.05, 4.69) is 4.90 Å². The number of nitrogens with zero attached hydrogens (tertiary/aromatic N) is 1. The second-order valence-corrected chi connectivity index (χ2v) is 4.43. The van der Waals surface area contributed by atoms with Gasteiger partial charge in [-0.2, -0.15) is 0 Å². The van der Waals surface area contributed by atoms with Gasteiger partial charge in [0.15, 0.2) is 0 Å². The molecule has 0 bridgehead atoms. The molecule has 1 N–H and O–H groups in total. The third-order valence-corrected chi connectivity index (χ3v) is 3.14. The molecule has 88 valence electrons. The number of hydrogen-bond donors (Lipinski definition) is 1. The van der Waals surface area contributed by atoms with Crippen LogP contribution in [0.4, 0.5) is 10.1 Å². The second kappa shape index (κ2) is 4.83. The molecule has 1 atom stereocenters. The summed E-state index contributed by atoms with van der Waals surface area (Å²) in [4.78, 5) is 2.18. The normalized spacial score (nSPS) is 18.6. The van der Waals surface area contributed by atoms with Crippen LogP contribution in [0, 0.1) is 5.82 Å². The molecular formula is C13H18FNO. The Balaban J connectivity index is 2.32. The van der Waals surface area contributed by atoms with Crippen molar-refractivity contribution in [2.24, 2.45) is 0 Å². The summed E-state index contributed by atoms with van der Waals surface area (Å²) in [5, 5.41) is 9.68. The Morgan fingerprint density at radius 3 is 2.56 bits per heavy atom. The van der Waals surface area contributed by atoms with Gasteiger partial charge in [-0.25, -0.2) is 4.39 Å². The Bertz CT molecular complexity index is 359. The van der Waals surface area contributed by atoms with Gasteiger partial charge in [0, 0.05) is 24.3 Å². The summed E-state index contributed by atoms with van der Waals surface area (Å²) >= 11 is 0. The van der Waals surface area contributed by atoms with Gasteiger partial charge in [0.1, 0.15) is 5.82 Å². The molecule has 3 heteroatoms. The van der Waals surface area contributed by atoms with E-state index < -0.39 is 6.10 Å². The molecule has 0 radical (unpaired) electrons. The highest BCUT2D eigenvalue weighted by Crippen LogP contribution is 2.29. The van der Waals surface area contributed by atoms with E-state index in [0.29, 0.717) is 0 Å². The standard InChI is InChI=1S/C13H18FNO/c1-10(16)12-6-5-11(14)9-13(12)15-7-3-2-4-8-15/h5-6,9-10,16H,2-4,7-8H2,1H3. The van der Waals surface area contributed by atoms with Crippen molar-refractivity contribution in [1.82, 2.24) is 0 Å². The lowest BCUT2D eigenvalue weighted by molar-refractivity contribution is 0.199. The Morgan fingerprint density at radius 1 is 1.25 bits per heavy atom. The minimum Gasteiger partial charge on any atom is -0.389 e. The Labute approximate surface area is 95.7 Å². The van der Waals surface area contributed by atoms with E-state index in [1.54, 1.807) is 13.0 Å². The van der Waals surface area contributed by atoms with Crippen molar-refractivity contribution in [2.75, 3.05) is 18.0 Å². The highest BCUT2D eigenvalue weighted by Gasteiger charge is 2.17. The highest BCUT2D eigenvalue weighted by atomic mass is 19.1. The summed E-state index contributed by atoms with van der Waals surface area (Å²) in [6.45, 7) is 3.65. The average Bonchev–Trinajstić information content (AvgIpc) is 2.29. The molecular weight excluding hydrogens is 205 g/mol. The average molecular weight is 223 g/mol. The van der Waals surface area contributed by atoms with E-state index in [-0.39, 0.29) is 5.82 Å². The summed E-state index contributed by atoms with van der Waals surface area (Å²) in [5.74, 6) is -0.232. The summed E-state index contributed by atoms with van der Waals surface area (Å²) in [6.07, 6.45) is 3.00. The zero-order valence-electron chi connectivity index (χ0n) is 9.62. The Hall–Kier alpha value is -1.09. The number of halogens is 1. The number of hydrogen-bond acceptors (Lipinski definition) is 2. The van der Waals surface area contributed by atoms with Crippen molar-refractivity contribution in [3.05, 3.63) is 29.6 Å². The SMILES string of the molecule is CC(O)c1ccc(F)cc1N1CCCCC1.